The third kappa shape index (κ3) is 2.79. The first kappa shape index (κ1) is 13.0. The first-order chi connectivity index (χ1) is 9.15. The van der Waals surface area contributed by atoms with Crippen molar-refractivity contribution in [2.75, 3.05) is 13.1 Å². The van der Waals surface area contributed by atoms with E-state index in [4.69, 9.17) is 0 Å². The molecule has 19 heavy (non-hydrogen) atoms. The van der Waals surface area contributed by atoms with Gasteiger partial charge in [0, 0.05) is 12.6 Å². The first-order valence-electron chi connectivity index (χ1n) is 6.24. The van der Waals surface area contributed by atoms with Crippen LogP contribution in [0.3, 0.4) is 0 Å². The lowest BCUT2D eigenvalue weighted by atomic mass is 10.1. The number of nitrogens with one attached hydrogen (secondary N) is 2. The van der Waals surface area contributed by atoms with Gasteiger partial charge in [0.15, 0.2) is 0 Å². The topological polar surface area (TPSA) is 71.1 Å². The highest BCUT2D eigenvalue weighted by molar-refractivity contribution is 7.91. The summed E-state index contributed by atoms with van der Waals surface area (Å²) in [6.07, 6.45) is 1.87. The van der Waals surface area contributed by atoms with Gasteiger partial charge in [0.05, 0.1) is 10.2 Å². The maximum atomic E-state index is 12.3. The highest BCUT2D eigenvalue weighted by atomic mass is 32.2. The Morgan fingerprint density at radius 2 is 2.21 bits per heavy atom. The molecular weight excluding hydrogens is 282 g/mol. The molecule has 1 saturated heterocycles. The van der Waals surface area contributed by atoms with Crippen LogP contribution in [0.5, 0.6) is 0 Å². The van der Waals surface area contributed by atoms with Gasteiger partial charge >= 0.3 is 0 Å². The number of hydrogen-bond donors (Lipinski definition) is 2. The van der Waals surface area contributed by atoms with Crippen molar-refractivity contribution in [2.24, 2.45) is 0 Å². The van der Waals surface area contributed by atoms with E-state index < -0.39 is 10.0 Å². The molecule has 1 aliphatic rings. The van der Waals surface area contributed by atoms with Gasteiger partial charge in [0.25, 0.3) is 10.0 Å². The van der Waals surface area contributed by atoms with E-state index in [2.05, 4.69) is 15.0 Å². The van der Waals surface area contributed by atoms with E-state index in [1.54, 1.807) is 0 Å². The monoisotopic (exact) mass is 297 g/mol. The van der Waals surface area contributed by atoms with Gasteiger partial charge in [-0.1, -0.05) is 12.1 Å². The zero-order valence-electron chi connectivity index (χ0n) is 10.3. The lowest BCUT2D eigenvalue weighted by Gasteiger charge is -2.22. The molecular formula is C12H15N3O2S2. The molecule has 2 N–H and O–H groups in total. The van der Waals surface area contributed by atoms with Crippen molar-refractivity contribution in [1.29, 1.82) is 0 Å². The van der Waals surface area contributed by atoms with Gasteiger partial charge in [0.1, 0.15) is 0 Å². The van der Waals surface area contributed by atoms with Crippen LogP contribution >= 0.6 is 11.3 Å². The van der Waals surface area contributed by atoms with Crippen molar-refractivity contribution in [3.05, 3.63) is 24.3 Å². The van der Waals surface area contributed by atoms with Crippen molar-refractivity contribution in [1.82, 2.24) is 15.0 Å². The van der Waals surface area contributed by atoms with E-state index in [-0.39, 0.29) is 10.4 Å². The lowest BCUT2D eigenvalue weighted by Crippen LogP contribution is -2.45. The van der Waals surface area contributed by atoms with Crippen molar-refractivity contribution >= 4 is 31.6 Å². The van der Waals surface area contributed by atoms with Crippen molar-refractivity contribution in [3.63, 3.8) is 0 Å². The van der Waals surface area contributed by atoms with Gasteiger partial charge in [-0.3, -0.25) is 0 Å². The summed E-state index contributed by atoms with van der Waals surface area (Å²) in [7, 11) is -3.50. The molecule has 3 rings (SSSR count). The van der Waals surface area contributed by atoms with E-state index in [1.807, 2.05) is 24.3 Å². The normalized spacial score (nSPS) is 20.7. The lowest BCUT2D eigenvalue weighted by molar-refractivity contribution is 0.428. The predicted molar refractivity (Wildman–Crippen MR) is 75.8 cm³/mol. The van der Waals surface area contributed by atoms with Gasteiger partial charge in [-0.2, -0.15) is 0 Å². The van der Waals surface area contributed by atoms with Gasteiger partial charge < -0.3 is 5.32 Å². The number of nitrogens with zero attached hydrogens (tertiary/aromatic N) is 1. The smallest absolute Gasteiger partial charge is 0.268 e. The second-order valence-corrected chi connectivity index (χ2v) is 7.53. The summed E-state index contributed by atoms with van der Waals surface area (Å²) in [5, 5.41) is 3.19. The fourth-order valence-electron chi connectivity index (χ4n) is 2.19. The minimum atomic E-state index is -3.50. The molecule has 0 spiro atoms. The summed E-state index contributed by atoms with van der Waals surface area (Å²) >= 11 is 1.21. The Morgan fingerprint density at radius 3 is 2.95 bits per heavy atom. The Morgan fingerprint density at radius 1 is 1.37 bits per heavy atom. The van der Waals surface area contributed by atoms with Crippen molar-refractivity contribution < 1.29 is 8.42 Å². The molecule has 0 radical (unpaired) electrons. The van der Waals surface area contributed by atoms with Gasteiger partial charge in [-0.25, -0.2) is 18.1 Å². The van der Waals surface area contributed by atoms with Crippen LogP contribution in [0.4, 0.5) is 0 Å². The van der Waals surface area contributed by atoms with Crippen molar-refractivity contribution in [2.45, 2.75) is 23.2 Å². The molecule has 102 valence electrons. The molecule has 1 atom stereocenters. The third-order valence-corrected chi connectivity index (χ3v) is 6.06. The molecule has 1 aliphatic heterocycles. The molecule has 0 bridgehead atoms. The Bertz CT molecular complexity index is 642. The summed E-state index contributed by atoms with van der Waals surface area (Å²) in [6.45, 7) is 1.64. The summed E-state index contributed by atoms with van der Waals surface area (Å²) in [5.74, 6) is 0. The average molecular weight is 297 g/mol. The second kappa shape index (κ2) is 5.16. The molecule has 0 amide bonds. The second-order valence-electron chi connectivity index (χ2n) is 4.61. The Labute approximate surface area is 116 Å². The number of para-hydroxylation sites is 1. The molecule has 1 aromatic heterocycles. The molecule has 0 saturated carbocycles. The minimum absolute atomic E-state index is 0.0363. The van der Waals surface area contributed by atoms with Gasteiger partial charge in [0.2, 0.25) is 4.34 Å². The van der Waals surface area contributed by atoms with E-state index in [0.717, 1.165) is 29.6 Å². The van der Waals surface area contributed by atoms with Crippen LogP contribution in [-0.2, 0) is 10.0 Å². The van der Waals surface area contributed by atoms with Crippen LogP contribution in [0, 0.1) is 0 Å². The molecule has 7 heteroatoms. The summed E-state index contributed by atoms with van der Waals surface area (Å²) in [4.78, 5) is 4.20. The number of thiazole rings is 1. The Balaban J connectivity index is 1.86. The molecule has 5 nitrogen and oxygen atoms in total. The van der Waals surface area contributed by atoms with Crippen LogP contribution in [0.2, 0.25) is 0 Å². The molecule has 1 aromatic carbocycles. The number of fused-ring (bicyclic) bond motifs is 1. The first-order valence-corrected chi connectivity index (χ1v) is 8.54. The number of piperidine rings is 1. The van der Waals surface area contributed by atoms with Crippen LogP contribution in [0.25, 0.3) is 10.2 Å². The standard InChI is InChI=1S/C12H15N3O2S2/c16-19(17,15-9-4-3-7-13-8-9)12-14-10-5-1-2-6-11(10)18-12/h1-2,5-6,9,13,15H,3-4,7-8H2/t9-/m1/s1. The van der Waals surface area contributed by atoms with Gasteiger partial charge in [-0.15, -0.1) is 11.3 Å². The number of aromatic nitrogens is 1. The molecule has 1 fully saturated rings. The highest BCUT2D eigenvalue weighted by Crippen LogP contribution is 2.25. The SMILES string of the molecule is O=S(=O)(N[C@@H]1CCCNC1)c1nc2ccccc2s1. The third-order valence-electron chi connectivity index (χ3n) is 3.12. The minimum Gasteiger partial charge on any atom is -0.315 e. The zero-order valence-corrected chi connectivity index (χ0v) is 11.9. The van der Waals surface area contributed by atoms with Crippen LogP contribution in [0.1, 0.15) is 12.8 Å². The fourth-order valence-corrected chi connectivity index (χ4v) is 4.70. The maximum absolute atomic E-state index is 12.3. The van der Waals surface area contributed by atoms with E-state index in [9.17, 15) is 8.42 Å². The van der Waals surface area contributed by atoms with E-state index in [0.29, 0.717) is 6.54 Å². The maximum Gasteiger partial charge on any atom is 0.268 e. The Hall–Kier alpha value is -1.02. The summed E-state index contributed by atoms with van der Waals surface area (Å²) < 4.78 is 28.3. The molecule has 2 heterocycles. The summed E-state index contributed by atoms with van der Waals surface area (Å²) in [6, 6.07) is 7.42. The predicted octanol–water partition coefficient (Wildman–Crippen LogP) is 1.33. The van der Waals surface area contributed by atoms with Crippen molar-refractivity contribution in [3.8, 4) is 0 Å². The molecule has 2 aromatic rings. The van der Waals surface area contributed by atoms with E-state index in [1.165, 1.54) is 11.3 Å². The largest absolute Gasteiger partial charge is 0.315 e. The number of sulfonamides is 1. The molecule has 0 unspecified atom stereocenters. The number of rotatable bonds is 3. The zero-order chi connectivity index (χ0) is 13.3. The highest BCUT2D eigenvalue weighted by Gasteiger charge is 2.24. The summed E-state index contributed by atoms with van der Waals surface area (Å²) in [5.41, 5.74) is 0.731. The van der Waals surface area contributed by atoms with Crippen LogP contribution in [-0.4, -0.2) is 32.5 Å². The van der Waals surface area contributed by atoms with Crippen LogP contribution in [0.15, 0.2) is 28.6 Å². The Kier molecular flexibility index (Phi) is 3.53. The van der Waals surface area contributed by atoms with Crippen LogP contribution < -0.4 is 10.0 Å². The number of hydrogen-bond acceptors (Lipinski definition) is 5. The number of benzene rings is 1. The van der Waals surface area contributed by atoms with Gasteiger partial charge in [-0.05, 0) is 31.5 Å². The fraction of sp³-hybridized carbons (Fsp3) is 0.417. The molecule has 0 aliphatic carbocycles. The average Bonchev–Trinajstić information content (AvgIpc) is 2.84. The van der Waals surface area contributed by atoms with E-state index >= 15 is 0 Å². The quantitative estimate of drug-likeness (QED) is 0.896.